The first kappa shape index (κ1) is 13.4. The summed E-state index contributed by atoms with van der Waals surface area (Å²) in [6.45, 7) is 1.80. The summed E-state index contributed by atoms with van der Waals surface area (Å²) in [5, 5.41) is 15.1. The average molecular weight is 283 g/mol. The number of oxime groups is 1. The molecule has 7 heteroatoms. The van der Waals surface area contributed by atoms with Crippen molar-refractivity contribution >= 4 is 34.9 Å². The Morgan fingerprint density at radius 1 is 1.53 bits per heavy atom. The number of nitrogens with one attached hydrogen (secondary N) is 1. The van der Waals surface area contributed by atoms with Crippen LogP contribution in [-0.4, -0.2) is 28.8 Å². The molecule has 0 saturated heterocycles. The van der Waals surface area contributed by atoms with Crippen molar-refractivity contribution in [2.45, 2.75) is 19.4 Å². The van der Waals surface area contributed by atoms with E-state index in [0.717, 1.165) is 5.56 Å². The molecular weight excluding hydrogens is 272 g/mol. The molecule has 1 amide bonds. The molecule has 0 fully saturated rings. The largest absolute Gasteiger partial charge is 0.477 e. The van der Waals surface area contributed by atoms with Gasteiger partial charge in [-0.1, -0.05) is 28.9 Å². The van der Waals surface area contributed by atoms with E-state index >= 15 is 0 Å². The summed E-state index contributed by atoms with van der Waals surface area (Å²) in [6, 6.07) is 5.22. The third-order valence-electron chi connectivity index (χ3n) is 2.68. The van der Waals surface area contributed by atoms with Crippen LogP contribution in [0.2, 0.25) is 5.02 Å². The summed E-state index contributed by atoms with van der Waals surface area (Å²) in [4.78, 5) is 27.4. The van der Waals surface area contributed by atoms with Crippen molar-refractivity contribution < 1.29 is 19.5 Å². The SMILES string of the molecule is Cc1cccc(Cl)c1NC(=O)C1CC(C(=O)O)=NO1. The molecule has 0 bridgehead atoms. The standard InChI is InChI=1S/C12H11ClN2O4/c1-6-3-2-4-7(13)10(6)14-11(16)9-5-8(12(17)18)15-19-9/h2-4,9H,5H2,1H3,(H,14,16)(H,17,18). The number of nitrogens with zero attached hydrogens (tertiary/aromatic N) is 1. The lowest BCUT2D eigenvalue weighted by molar-refractivity contribution is -0.129. The van der Waals surface area contributed by atoms with E-state index in [4.69, 9.17) is 21.5 Å². The fourth-order valence-electron chi connectivity index (χ4n) is 1.64. The van der Waals surface area contributed by atoms with Gasteiger partial charge in [-0.05, 0) is 18.6 Å². The minimum Gasteiger partial charge on any atom is -0.477 e. The van der Waals surface area contributed by atoms with Gasteiger partial charge in [0.2, 0.25) is 6.10 Å². The van der Waals surface area contributed by atoms with Gasteiger partial charge in [-0.3, -0.25) is 4.79 Å². The Bertz CT molecular complexity index is 551. The fraction of sp³-hybridized carbons (Fsp3) is 0.250. The smallest absolute Gasteiger partial charge is 0.353 e. The molecule has 0 saturated carbocycles. The van der Waals surface area contributed by atoms with E-state index in [1.165, 1.54) is 0 Å². The number of carboxylic acid groups (broad SMARTS) is 1. The first-order valence-electron chi connectivity index (χ1n) is 5.51. The third-order valence-corrected chi connectivity index (χ3v) is 2.99. The second-order valence-corrected chi connectivity index (χ2v) is 4.47. The molecule has 2 N–H and O–H groups in total. The van der Waals surface area contributed by atoms with Crippen molar-refractivity contribution in [3.05, 3.63) is 28.8 Å². The van der Waals surface area contributed by atoms with Crippen LogP contribution < -0.4 is 5.32 Å². The van der Waals surface area contributed by atoms with Gasteiger partial charge in [-0.25, -0.2) is 4.79 Å². The van der Waals surface area contributed by atoms with E-state index < -0.39 is 18.0 Å². The van der Waals surface area contributed by atoms with Gasteiger partial charge in [0.15, 0.2) is 5.71 Å². The number of carboxylic acids is 1. The van der Waals surface area contributed by atoms with E-state index in [0.29, 0.717) is 10.7 Å². The molecule has 0 aliphatic carbocycles. The molecular formula is C12H11ClN2O4. The monoisotopic (exact) mass is 282 g/mol. The second-order valence-electron chi connectivity index (χ2n) is 4.06. The molecule has 1 aromatic carbocycles. The van der Waals surface area contributed by atoms with Crippen molar-refractivity contribution in [3.63, 3.8) is 0 Å². The number of carbonyl (C=O) groups excluding carboxylic acids is 1. The second kappa shape index (κ2) is 5.27. The summed E-state index contributed by atoms with van der Waals surface area (Å²) >= 11 is 5.98. The Balaban J connectivity index is 2.06. The number of aryl methyl sites for hydroxylation is 1. The molecule has 1 aromatic rings. The number of benzene rings is 1. The number of halogens is 1. The quantitative estimate of drug-likeness (QED) is 0.885. The minimum atomic E-state index is -1.19. The van der Waals surface area contributed by atoms with Crippen molar-refractivity contribution in [1.29, 1.82) is 0 Å². The highest BCUT2D eigenvalue weighted by atomic mass is 35.5. The van der Waals surface area contributed by atoms with Gasteiger partial charge in [-0.2, -0.15) is 0 Å². The van der Waals surface area contributed by atoms with Crippen LogP contribution in [0.5, 0.6) is 0 Å². The van der Waals surface area contributed by atoms with E-state index in [1.807, 2.05) is 0 Å². The zero-order valence-corrected chi connectivity index (χ0v) is 10.8. The maximum absolute atomic E-state index is 11.9. The van der Waals surface area contributed by atoms with Crippen molar-refractivity contribution in [1.82, 2.24) is 0 Å². The zero-order valence-electron chi connectivity index (χ0n) is 10.0. The molecule has 100 valence electrons. The molecule has 19 heavy (non-hydrogen) atoms. The van der Waals surface area contributed by atoms with E-state index in [2.05, 4.69) is 10.5 Å². The lowest BCUT2D eigenvalue weighted by Crippen LogP contribution is -2.29. The summed E-state index contributed by atoms with van der Waals surface area (Å²) in [6.07, 6.45) is -1.01. The van der Waals surface area contributed by atoms with Crippen LogP contribution in [0.1, 0.15) is 12.0 Å². The lowest BCUT2D eigenvalue weighted by Gasteiger charge is -2.12. The van der Waals surface area contributed by atoms with Crippen molar-refractivity contribution in [2.75, 3.05) is 5.32 Å². The molecule has 6 nitrogen and oxygen atoms in total. The van der Waals surface area contributed by atoms with Gasteiger partial charge in [0.25, 0.3) is 5.91 Å². The van der Waals surface area contributed by atoms with Gasteiger partial charge in [0.05, 0.1) is 10.7 Å². The summed E-state index contributed by atoms with van der Waals surface area (Å²) in [5.74, 6) is -1.67. The van der Waals surface area contributed by atoms with E-state index in [1.54, 1.807) is 25.1 Å². The Kier molecular flexibility index (Phi) is 3.71. The maximum Gasteiger partial charge on any atom is 0.353 e. The Morgan fingerprint density at radius 2 is 2.26 bits per heavy atom. The molecule has 1 aliphatic heterocycles. The highest BCUT2D eigenvalue weighted by Crippen LogP contribution is 2.26. The van der Waals surface area contributed by atoms with Crippen LogP contribution in [0.15, 0.2) is 23.4 Å². The van der Waals surface area contributed by atoms with Crippen LogP contribution >= 0.6 is 11.6 Å². The highest BCUT2D eigenvalue weighted by Gasteiger charge is 2.31. The van der Waals surface area contributed by atoms with Crippen LogP contribution in [0, 0.1) is 6.92 Å². The summed E-state index contributed by atoms with van der Waals surface area (Å²) < 4.78 is 0. The van der Waals surface area contributed by atoms with Crippen LogP contribution in [0.25, 0.3) is 0 Å². The molecule has 1 atom stereocenters. The van der Waals surface area contributed by atoms with E-state index in [9.17, 15) is 9.59 Å². The summed E-state index contributed by atoms with van der Waals surface area (Å²) in [7, 11) is 0. The number of anilines is 1. The predicted molar refractivity (Wildman–Crippen MR) is 69.4 cm³/mol. The predicted octanol–water partition coefficient (Wildman–Crippen LogP) is 1.82. The molecule has 0 radical (unpaired) electrons. The van der Waals surface area contributed by atoms with Crippen molar-refractivity contribution in [2.24, 2.45) is 5.16 Å². The fourth-order valence-corrected chi connectivity index (χ4v) is 1.91. The number of amides is 1. The number of rotatable bonds is 3. The van der Waals surface area contributed by atoms with Gasteiger partial charge in [0.1, 0.15) is 0 Å². The van der Waals surface area contributed by atoms with Gasteiger partial charge in [0, 0.05) is 6.42 Å². The topological polar surface area (TPSA) is 88.0 Å². The number of hydrogen-bond acceptors (Lipinski definition) is 4. The average Bonchev–Trinajstić information content (AvgIpc) is 2.83. The van der Waals surface area contributed by atoms with Crippen LogP contribution in [0.4, 0.5) is 5.69 Å². The van der Waals surface area contributed by atoms with Crippen LogP contribution in [0.3, 0.4) is 0 Å². The summed E-state index contributed by atoms with van der Waals surface area (Å²) in [5.41, 5.74) is 1.12. The van der Waals surface area contributed by atoms with Gasteiger partial charge >= 0.3 is 5.97 Å². The molecule has 1 aliphatic rings. The molecule has 1 unspecified atom stereocenters. The molecule has 0 aromatic heterocycles. The van der Waals surface area contributed by atoms with E-state index in [-0.39, 0.29) is 12.1 Å². The Labute approximate surface area is 114 Å². The highest BCUT2D eigenvalue weighted by molar-refractivity contribution is 6.36. The van der Waals surface area contributed by atoms with Gasteiger partial charge in [-0.15, -0.1) is 0 Å². The number of hydrogen-bond donors (Lipinski definition) is 2. The Hall–Kier alpha value is -2.08. The zero-order chi connectivity index (χ0) is 14.0. The number of para-hydroxylation sites is 1. The molecule has 2 rings (SSSR count). The third kappa shape index (κ3) is 2.85. The van der Waals surface area contributed by atoms with Gasteiger partial charge < -0.3 is 15.3 Å². The molecule has 1 heterocycles. The minimum absolute atomic E-state index is 0.0648. The lowest BCUT2D eigenvalue weighted by atomic mass is 10.1. The molecule has 0 spiro atoms. The first-order valence-corrected chi connectivity index (χ1v) is 5.89. The normalized spacial score (nSPS) is 17.6. The first-order chi connectivity index (χ1) is 8.99. The van der Waals surface area contributed by atoms with Crippen molar-refractivity contribution in [3.8, 4) is 0 Å². The van der Waals surface area contributed by atoms with Crippen LogP contribution in [-0.2, 0) is 14.4 Å². The maximum atomic E-state index is 11.9. The Morgan fingerprint density at radius 3 is 2.84 bits per heavy atom. The number of carbonyl (C=O) groups is 2. The number of aliphatic carboxylic acids is 1.